The highest BCUT2D eigenvalue weighted by Gasteiger charge is 2.72. The summed E-state index contributed by atoms with van der Waals surface area (Å²) in [5.41, 5.74) is 0. The fourth-order valence-electron chi connectivity index (χ4n) is 0.894. The van der Waals surface area contributed by atoms with Crippen LogP contribution in [0.2, 0.25) is 0 Å². The van der Waals surface area contributed by atoms with Crippen molar-refractivity contribution in [1.29, 1.82) is 0 Å². The maximum absolute atomic E-state index is 12.8. The van der Waals surface area contributed by atoms with Gasteiger partial charge in [0.15, 0.2) is 0 Å². The Morgan fingerprint density at radius 3 is 1.88 bits per heavy atom. The molecule has 0 bridgehead atoms. The summed E-state index contributed by atoms with van der Waals surface area (Å²) in [6.45, 7) is 1.74. The number of halogens is 8. The van der Waals surface area contributed by atoms with Crippen molar-refractivity contribution in [3.8, 4) is 0 Å². The predicted octanol–water partition coefficient (Wildman–Crippen LogP) is 5.33. The highest BCUT2D eigenvalue weighted by atomic mass is 127. The van der Waals surface area contributed by atoms with E-state index in [1.54, 1.807) is 6.92 Å². The summed E-state index contributed by atoms with van der Waals surface area (Å²) >= 11 is 1.34. The van der Waals surface area contributed by atoms with Crippen LogP contribution in [-0.4, -0.2) is 18.0 Å². The molecule has 0 amide bonds. The summed E-state index contributed by atoms with van der Waals surface area (Å²) in [6.07, 6.45) is -5.45. The van der Waals surface area contributed by atoms with E-state index in [1.807, 2.05) is 0 Å². The van der Waals surface area contributed by atoms with E-state index >= 15 is 0 Å². The van der Waals surface area contributed by atoms with Crippen molar-refractivity contribution in [2.24, 2.45) is 0 Å². The van der Waals surface area contributed by atoms with Crippen LogP contribution in [0.3, 0.4) is 0 Å². The first-order valence-corrected chi connectivity index (χ1v) is 5.73. The molecule has 0 aromatic rings. The lowest BCUT2D eigenvalue weighted by atomic mass is 10.1. The Morgan fingerprint density at radius 2 is 1.53 bits per heavy atom. The van der Waals surface area contributed by atoms with Crippen LogP contribution in [0.25, 0.3) is 0 Å². The molecule has 0 nitrogen and oxygen atoms in total. The lowest BCUT2D eigenvalue weighted by Crippen LogP contribution is -2.50. The third-order valence-corrected chi connectivity index (χ3v) is 2.73. The van der Waals surface area contributed by atoms with Gasteiger partial charge in [-0.2, -0.15) is 30.7 Å². The molecule has 17 heavy (non-hydrogen) atoms. The van der Waals surface area contributed by atoms with Crippen molar-refractivity contribution in [2.45, 2.75) is 44.2 Å². The van der Waals surface area contributed by atoms with Gasteiger partial charge in [-0.05, 0) is 39.0 Å². The normalized spacial score (nSPS) is 15.2. The zero-order valence-corrected chi connectivity index (χ0v) is 10.9. The lowest BCUT2D eigenvalue weighted by Gasteiger charge is -2.26. The first kappa shape index (κ1) is 17.0. The molecule has 0 fully saturated rings. The van der Waals surface area contributed by atoms with Gasteiger partial charge in [0.2, 0.25) is 0 Å². The maximum Gasteiger partial charge on any atom is 0.460 e. The van der Waals surface area contributed by atoms with Crippen molar-refractivity contribution in [3.05, 3.63) is 9.66 Å². The molecule has 0 radical (unpaired) electrons. The minimum absolute atomic E-state index is 0.0561. The molecule has 0 aromatic carbocycles. The fourth-order valence-corrected chi connectivity index (χ4v) is 1.67. The van der Waals surface area contributed by atoms with Crippen LogP contribution in [0.1, 0.15) is 26.2 Å². The molecule has 0 aliphatic heterocycles. The zero-order chi connectivity index (χ0) is 13.9. The molecule has 0 aliphatic rings. The molecule has 0 atom stereocenters. The molecule has 0 saturated heterocycles. The number of unbranched alkanes of at least 4 members (excludes halogenated alkanes) is 1. The second kappa shape index (κ2) is 5.75. The number of allylic oxidation sites excluding steroid dienone is 2. The van der Waals surface area contributed by atoms with Gasteiger partial charge in [0.1, 0.15) is 0 Å². The molecule has 0 aromatic heterocycles. The first-order chi connectivity index (χ1) is 7.45. The number of alkyl halides is 7. The summed E-state index contributed by atoms with van der Waals surface area (Å²) in [6, 6.07) is 0. The molecular weight excluding hydrogens is 368 g/mol. The predicted molar refractivity (Wildman–Crippen MR) is 57.6 cm³/mol. The SMILES string of the molecule is CCCCC(I)=CC(F)(F)C(F)(F)C(F)(F)F. The molecule has 0 N–H and O–H groups in total. The average molecular weight is 378 g/mol. The Morgan fingerprint density at radius 1 is 1.06 bits per heavy atom. The van der Waals surface area contributed by atoms with E-state index in [9.17, 15) is 30.7 Å². The molecule has 0 unspecified atom stereocenters. The third kappa shape index (κ3) is 4.29. The standard InChI is InChI=1S/C9H10F7I/c1-2-3-4-6(17)5-7(10,11)8(12,13)9(14,15)16/h5H,2-4H2,1H3. The fraction of sp³-hybridized carbons (Fsp3) is 0.778. The van der Waals surface area contributed by atoms with Crippen LogP contribution in [-0.2, 0) is 0 Å². The summed E-state index contributed by atoms with van der Waals surface area (Å²) in [5, 5.41) is 0. The van der Waals surface area contributed by atoms with Crippen LogP contribution < -0.4 is 0 Å². The van der Waals surface area contributed by atoms with Gasteiger partial charge >= 0.3 is 18.0 Å². The largest absolute Gasteiger partial charge is 0.460 e. The highest BCUT2D eigenvalue weighted by Crippen LogP contribution is 2.47. The van der Waals surface area contributed by atoms with Crippen LogP contribution in [0.15, 0.2) is 9.66 Å². The third-order valence-electron chi connectivity index (χ3n) is 1.88. The van der Waals surface area contributed by atoms with Gasteiger partial charge in [-0.1, -0.05) is 13.3 Å². The van der Waals surface area contributed by atoms with Crippen molar-refractivity contribution in [1.82, 2.24) is 0 Å². The van der Waals surface area contributed by atoms with Crippen LogP contribution >= 0.6 is 22.6 Å². The smallest absolute Gasteiger partial charge is 0.195 e. The second-order valence-corrected chi connectivity index (χ2v) is 4.78. The molecule has 0 heterocycles. The van der Waals surface area contributed by atoms with Gasteiger partial charge in [-0.15, -0.1) is 0 Å². The molecule has 0 rings (SSSR count). The summed E-state index contributed by atoms with van der Waals surface area (Å²) < 4.78 is 85.7. The van der Waals surface area contributed by atoms with Crippen LogP contribution in [0, 0.1) is 0 Å². The monoisotopic (exact) mass is 378 g/mol. The highest BCUT2D eigenvalue weighted by molar-refractivity contribution is 14.1. The van der Waals surface area contributed by atoms with E-state index in [4.69, 9.17) is 0 Å². The molecule has 0 saturated carbocycles. The quantitative estimate of drug-likeness (QED) is 0.448. The van der Waals surface area contributed by atoms with Crippen molar-refractivity contribution < 1.29 is 30.7 Å². The summed E-state index contributed by atoms with van der Waals surface area (Å²) in [7, 11) is 0. The van der Waals surface area contributed by atoms with E-state index in [2.05, 4.69) is 0 Å². The Balaban J connectivity index is 5.01. The summed E-state index contributed by atoms with van der Waals surface area (Å²) in [4.78, 5) is 0. The number of rotatable bonds is 5. The number of hydrogen-bond donors (Lipinski definition) is 0. The Hall–Kier alpha value is -0.0200. The number of hydrogen-bond acceptors (Lipinski definition) is 0. The van der Waals surface area contributed by atoms with Crippen molar-refractivity contribution in [2.75, 3.05) is 0 Å². The Bertz CT molecular complexity index is 280. The second-order valence-electron chi connectivity index (χ2n) is 3.39. The minimum Gasteiger partial charge on any atom is -0.195 e. The lowest BCUT2D eigenvalue weighted by molar-refractivity contribution is -0.341. The maximum atomic E-state index is 12.8. The van der Waals surface area contributed by atoms with Gasteiger partial charge in [0, 0.05) is 6.08 Å². The molecular formula is C9H10F7I. The summed E-state index contributed by atoms with van der Waals surface area (Å²) in [5.74, 6) is -11.3. The van der Waals surface area contributed by atoms with Gasteiger partial charge in [-0.3, -0.25) is 0 Å². The molecule has 102 valence electrons. The van der Waals surface area contributed by atoms with Gasteiger partial charge in [0.05, 0.1) is 0 Å². The topological polar surface area (TPSA) is 0 Å². The van der Waals surface area contributed by atoms with Gasteiger partial charge < -0.3 is 0 Å². The molecule has 0 spiro atoms. The zero-order valence-electron chi connectivity index (χ0n) is 8.72. The van der Waals surface area contributed by atoms with E-state index in [1.165, 1.54) is 22.6 Å². The van der Waals surface area contributed by atoms with Crippen LogP contribution in [0.4, 0.5) is 30.7 Å². The van der Waals surface area contributed by atoms with E-state index < -0.39 is 18.0 Å². The Kier molecular flexibility index (Phi) is 5.74. The van der Waals surface area contributed by atoms with Crippen molar-refractivity contribution in [3.63, 3.8) is 0 Å². The average Bonchev–Trinajstić information content (AvgIpc) is 2.11. The Labute approximate surface area is 107 Å². The van der Waals surface area contributed by atoms with Gasteiger partial charge in [0.25, 0.3) is 0 Å². The van der Waals surface area contributed by atoms with E-state index in [-0.39, 0.29) is 16.1 Å². The molecule has 0 aliphatic carbocycles. The van der Waals surface area contributed by atoms with E-state index in [0.29, 0.717) is 12.8 Å². The van der Waals surface area contributed by atoms with E-state index in [0.717, 1.165) is 0 Å². The minimum atomic E-state index is -6.27. The molecule has 8 heteroatoms. The van der Waals surface area contributed by atoms with Crippen LogP contribution in [0.5, 0.6) is 0 Å². The van der Waals surface area contributed by atoms with Crippen molar-refractivity contribution >= 4 is 22.6 Å². The van der Waals surface area contributed by atoms with Gasteiger partial charge in [-0.25, -0.2) is 0 Å². The first-order valence-electron chi connectivity index (χ1n) is 4.65.